The molecule has 0 radical (unpaired) electrons. The topological polar surface area (TPSA) is 100 Å². The molecule has 3 rings (SSSR count). The van der Waals surface area contributed by atoms with Crippen molar-refractivity contribution in [2.24, 2.45) is 0 Å². The van der Waals surface area contributed by atoms with Crippen molar-refractivity contribution in [3.8, 4) is 0 Å². The molecule has 0 bridgehead atoms. The van der Waals surface area contributed by atoms with Crippen molar-refractivity contribution in [3.05, 3.63) is 39.9 Å². The van der Waals surface area contributed by atoms with Gasteiger partial charge in [-0.1, -0.05) is 47.0 Å². The van der Waals surface area contributed by atoms with E-state index >= 15 is 4.39 Å². The lowest BCUT2D eigenvalue weighted by atomic mass is 9.95. The van der Waals surface area contributed by atoms with E-state index < -0.39 is 23.1 Å². The third-order valence-electron chi connectivity index (χ3n) is 6.52. The third-order valence-corrected chi connectivity index (χ3v) is 6.52. The molecule has 8 heteroatoms. The molecule has 194 valence electrons. The van der Waals surface area contributed by atoms with Crippen molar-refractivity contribution < 1.29 is 19.1 Å². The molecule has 1 aliphatic rings. The van der Waals surface area contributed by atoms with Crippen LogP contribution in [-0.2, 0) is 4.79 Å². The van der Waals surface area contributed by atoms with E-state index in [1.807, 2.05) is 32.3 Å². The van der Waals surface area contributed by atoms with Crippen LogP contribution in [0.3, 0.4) is 0 Å². The Bertz CT molecular complexity index is 1060. The Labute approximate surface area is 207 Å². The highest BCUT2D eigenvalue weighted by atomic mass is 19.1. The van der Waals surface area contributed by atoms with Crippen molar-refractivity contribution in [2.75, 3.05) is 11.9 Å². The summed E-state index contributed by atoms with van der Waals surface area (Å²) in [5.41, 5.74) is 0.415. The van der Waals surface area contributed by atoms with Crippen LogP contribution in [0.2, 0.25) is 0 Å². The maximum absolute atomic E-state index is 15.0. The van der Waals surface area contributed by atoms with Gasteiger partial charge in [-0.05, 0) is 44.2 Å². The zero-order valence-electron chi connectivity index (χ0n) is 21.5. The number of carbonyl (C=O) groups is 2. The smallest absolute Gasteiger partial charge is 0.303 e. The van der Waals surface area contributed by atoms with Gasteiger partial charge in [0.25, 0.3) is 5.91 Å². The number of amides is 1. The van der Waals surface area contributed by atoms with E-state index in [9.17, 15) is 14.4 Å². The van der Waals surface area contributed by atoms with Gasteiger partial charge in [-0.2, -0.15) is 0 Å². The molecule has 1 saturated carbocycles. The number of carboxylic acids is 1. The van der Waals surface area contributed by atoms with Gasteiger partial charge in [0.15, 0.2) is 0 Å². The average molecular weight is 490 g/mol. The highest BCUT2D eigenvalue weighted by Crippen LogP contribution is 2.29. The first-order chi connectivity index (χ1) is 16.8. The van der Waals surface area contributed by atoms with Gasteiger partial charge in [0.2, 0.25) is 5.43 Å². The van der Waals surface area contributed by atoms with E-state index in [2.05, 4.69) is 10.6 Å². The summed E-state index contributed by atoms with van der Waals surface area (Å²) in [6, 6.07) is 3.20. The molecule has 0 unspecified atom stereocenters. The summed E-state index contributed by atoms with van der Waals surface area (Å²) in [7, 11) is 0. The lowest BCUT2D eigenvalue weighted by molar-refractivity contribution is -0.137. The van der Waals surface area contributed by atoms with Gasteiger partial charge in [-0.15, -0.1) is 0 Å². The van der Waals surface area contributed by atoms with Crippen LogP contribution < -0.4 is 16.1 Å². The van der Waals surface area contributed by atoms with Crippen molar-refractivity contribution in [2.45, 2.75) is 97.6 Å². The number of hydrogen-bond acceptors (Lipinski definition) is 4. The van der Waals surface area contributed by atoms with Crippen LogP contribution in [0.25, 0.3) is 10.9 Å². The van der Waals surface area contributed by atoms with E-state index in [4.69, 9.17) is 5.11 Å². The lowest BCUT2D eigenvalue weighted by Gasteiger charge is -2.25. The van der Waals surface area contributed by atoms with Gasteiger partial charge in [0.1, 0.15) is 11.4 Å². The molecule has 1 aromatic heterocycles. The number of carbonyl (C=O) groups excluding carboxylic acids is 1. The van der Waals surface area contributed by atoms with E-state index in [-0.39, 0.29) is 42.4 Å². The molecule has 0 saturated heterocycles. The monoisotopic (exact) mass is 489 g/mol. The fourth-order valence-corrected chi connectivity index (χ4v) is 4.63. The normalized spacial score (nSPS) is 13.9. The number of aromatic nitrogens is 1. The van der Waals surface area contributed by atoms with Crippen LogP contribution in [0.5, 0.6) is 0 Å². The molecular weight excluding hydrogens is 449 g/mol. The minimum absolute atomic E-state index is 0.0413. The maximum atomic E-state index is 15.0. The average Bonchev–Trinajstić information content (AvgIpc) is 2.86. The molecule has 7 nitrogen and oxygen atoms in total. The zero-order valence-corrected chi connectivity index (χ0v) is 21.5. The Balaban J connectivity index is 0.00000210. The Morgan fingerprint density at radius 2 is 1.80 bits per heavy atom. The van der Waals surface area contributed by atoms with E-state index in [0.29, 0.717) is 11.2 Å². The SMILES string of the molecule is CC.CCC(CC)n1cc(C(=O)NCCCC(=O)O)c(=O)c2cc(F)c(NC3CCCCC3)cc21. The van der Waals surface area contributed by atoms with Crippen LogP contribution >= 0.6 is 0 Å². The fraction of sp³-hybridized carbons (Fsp3) is 0.593. The Kier molecular flexibility index (Phi) is 11.2. The molecule has 35 heavy (non-hydrogen) atoms. The second-order valence-corrected chi connectivity index (χ2v) is 8.83. The third kappa shape index (κ3) is 7.29. The molecule has 3 N–H and O–H groups in total. The van der Waals surface area contributed by atoms with Gasteiger partial charge in [0, 0.05) is 36.6 Å². The first-order valence-corrected chi connectivity index (χ1v) is 13.0. The number of benzene rings is 1. The van der Waals surface area contributed by atoms with Crippen LogP contribution in [0.15, 0.2) is 23.1 Å². The second kappa shape index (κ2) is 13.9. The van der Waals surface area contributed by atoms with Crippen molar-refractivity contribution in [3.63, 3.8) is 0 Å². The molecule has 1 amide bonds. The molecule has 0 aliphatic heterocycles. The second-order valence-electron chi connectivity index (χ2n) is 8.83. The predicted molar refractivity (Wildman–Crippen MR) is 139 cm³/mol. The summed E-state index contributed by atoms with van der Waals surface area (Å²) in [4.78, 5) is 36.6. The molecule has 2 aromatic rings. The number of carboxylic acid groups (broad SMARTS) is 1. The van der Waals surface area contributed by atoms with Crippen LogP contribution in [0, 0.1) is 5.82 Å². The highest BCUT2D eigenvalue weighted by Gasteiger charge is 2.21. The number of nitrogens with zero attached hydrogens (tertiary/aromatic N) is 1. The van der Waals surface area contributed by atoms with Crippen LogP contribution in [0.4, 0.5) is 10.1 Å². The Hall–Kier alpha value is -2.90. The van der Waals surface area contributed by atoms with Crippen molar-refractivity contribution >= 4 is 28.5 Å². The molecule has 0 atom stereocenters. The van der Waals surface area contributed by atoms with E-state index in [1.54, 1.807) is 12.3 Å². The van der Waals surface area contributed by atoms with Gasteiger partial charge >= 0.3 is 5.97 Å². The first kappa shape index (κ1) is 28.3. The molecule has 1 fully saturated rings. The van der Waals surface area contributed by atoms with E-state index in [0.717, 1.165) is 38.5 Å². The summed E-state index contributed by atoms with van der Waals surface area (Å²) < 4.78 is 17.0. The number of anilines is 1. The number of fused-ring (bicyclic) bond motifs is 1. The van der Waals surface area contributed by atoms with Gasteiger partial charge < -0.3 is 20.3 Å². The lowest BCUT2D eigenvalue weighted by Crippen LogP contribution is -2.31. The largest absolute Gasteiger partial charge is 0.481 e. The molecule has 1 aromatic carbocycles. The molecule has 0 spiro atoms. The Morgan fingerprint density at radius 1 is 1.14 bits per heavy atom. The summed E-state index contributed by atoms with van der Waals surface area (Å²) in [6.45, 7) is 8.22. The number of nitrogens with one attached hydrogen (secondary N) is 2. The van der Waals surface area contributed by atoms with Gasteiger partial charge in [-0.3, -0.25) is 14.4 Å². The number of halogens is 1. The van der Waals surface area contributed by atoms with Crippen LogP contribution in [0.1, 0.15) is 102 Å². The predicted octanol–water partition coefficient (Wildman–Crippen LogP) is 5.87. The highest BCUT2D eigenvalue weighted by molar-refractivity contribution is 5.97. The number of aliphatic carboxylic acids is 1. The molecular formula is C27H40FN3O4. The minimum Gasteiger partial charge on any atom is -0.481 e. The zero-order chi connectivity index (χ0) is 26.0. The number of hydrogen-bond donors (Lipinski definition) is 3. The van der Waals surface area contributed by atoms with Crippen molar-refractivity contribution in [1.82, 2.24) is 9.88 Å². The summed E-state index contributed by atoms with van der Waals surface area (Å²) >= 11 is 0. The first-order valence-electron chi connectivity index (χ1n) is 13.0. The summed E-state index contributed by atoms with van der Waals surface area (Å²) in [5, 5.41) is 14.9. The van der Waals surface area contributed by atoms with E-state index in [1.165, 1.54) is 12.5 Å². The van der Waals surface area contributed by atoms with Gasteiger partial charge in [0.05, 0.1) is 11.2 Å². The van der Waals surface area contributed by atoms with Crippen LogP contribution in [-0.4, -0.2) is 34.1 Å². The Morgan fingerprint density at radius 3 is 2.40 bits per heavy atom. The van der Waals surface area contributed by atoms with Gasteiger partial charge in [-0.25, -0.2) is 4.39 Å². The number of pyridine rings is 1. The standard InChI is InChI=1S/C25H34FN3O4.C2H6/c1-3-17(4-2)29-15-19(25(33)27-12-8-11-23(30)31)24(32)18-13-20(26)21(14-22(18)29)28-16-9-6-5-7-10-16;1-2/h13-17,28H,3-12H2,1-2H3,(H,27,33)(H,30,31);1-2H3. The fourth-order valence-electron chi connectivity index (χ4n) is 4.63. The maximum Gasteiger partial charge on any atom is 0.303 e. The van der Waals surface area contributed by atoms with Crippen molar-refractivity contribution in [1.29, 1.82) is 0 Å². The molecule has 1 aliphatic carbocycles. The summed E-state index contributed by atoms with van der Waals surface area (Å²) in [6.07, 6.45) is 8.78. The number of rotatable bonds is 10. The summed E-state index contributed by atoms with van der Waals surface area (Å²) in [5.74, 6) is -2.02. The molecule has 1 heterocycles. The minimum atomic E-state index is -0.945. The quantitative estimate of drug-likeness (QED) is 0.363.